The Morgan fingerprint density at radius 3 is 2.57 bits per heavy atom. The molecule has 0 aliphatic carbocycles. The van der Waals surface area contributed by atoms with Crippen LogP contribution in [0.1, 0.15) is 40.5 Å². The van der Waals surface area contributed by atoms with E-state index < -0.39 is 0 Å². The molecule has 0 bridgehead atoms. The van der Waals surface area contributed by atoms with Crippen molar-refractivity contribution in [2.45, 2.75) is 52.6 Å². The highest BCUT2D eigenvalue weighted by Gasteiger charge is 2.26. The van der Waals surface area contributed by atoms with E-state index in [2.05, 4.69) is 37.9 Å². The highest BCUT2D eigenvalue weighted by atomic mass is 15.2. The normalized spacial score (nSPS) is 27.9. The molecule has 2 heteroatoms. The largest absolute Gasteiger partial charge is 0.313 e. The van der Waals surface area contributed by atoms with Crippen LogP contribution in [-0.2, 0) is 0 Å². The van der Waals surface area contributed by atoms with Gasteiger partial charge in [-0.25, -0.2) is 0 Å². The third-order valence-electron chi connectivity index (χ3n) is 3.52. The maximum atomic E-state index is 3.58. The summed E-state index contributed by atoms with van der Waals surface area (Å²) >= 11 is 0. The molecule has 3 unspecified atom stereocenters. The Bertz CT molecular complexity index is 154. The van der Waals surface area contributed by atoms with Crippen LogP contribution in [0.15, 0.2) is 0 Å². The van der Waals surface area contributed by atoms with E-state index in [1.54, 1.807) is 0 Å². The van der Waals surface area contributed by atoms with Crippen LogP contribution in [0.5, 0.6) is 0 Å². The third-order valence-corrected chi connectivity index (χ3v) is 3.52. The average Bonchev–Trinajstić information content (AvgIpc) is 2.60. The van der Waals surface area contributed by atoms with Crippen molar-refractivity contribution in [1.82, 2.24) is 10.2 Å². The van der Waals surface area contributed by atoms with Crippen molar-refractivity contribution in [2.24, 2.45) is 5.92 Å². The molecule has 84 valence electrons. The van der Waals surface area contributed by atoms with Gasteiger partial charge in [0.2, 0.25) is 0 Å². The zero-order valence-corrected chi connectivity index (χ0v) is 10.2. The fourth-order valence-corrected chi connectivity index (χ4v) is 2.51. The van der Waals surface area contributed by atoms with E-state index in [1.807, 2.05) is 0 Å². The molecule has 1 heterocycles. The van der Waals surface area contributed by atoms with Gasteiger partial charge in [-0.2, -0.15) is 0 Å². The van der Waals surface area contributed by atoms with Crippen molar-refractivity contribution in [2.75, 3.05) is 19.6 Å². The van der Waals surface area contributed by atoms with E-state index >= 15 is 0 Å². The second kappa shape index (κ2) is 5.72. The van der Waals surface area contributed by atoms with Crippen molar-refractivity contribution in [3.05, 3.63) is 0 Å². The molecule has 14 heavy (non-hydrogen) atoms. The molecule has 0 saturated carbocycles. The number of hydrogen-bond acceptors (Lipinski definition) is 2. The molecule has 0 spiro atoms. The van der Waals surface area contributed by atoms with Crippen molar-refractivity contribution in [1.29, 1.82) is 0 Å². The third kappa shape index (κ3) is 2.96. The molecule has 1 aliphatic heterocycles. The van der Waals surface area contributed by atoms with E-state index in [0.717, 1.165) is 12.5 Å². The molecule has 0 amide bonds. The smallest absolute Gasteiger partial charge is 0.0221 e. The van der Waals surface area contributed by atoms with E-state index in [9.17, 15) is 0 Å². The SMILES string of the molecule is CCNC(CC)C(C)N1CCC(C)C1. The number of likely N-dealkylation sites (tertiary alicyclic amines) is 1. The van der Waals surface area contributed by atoms with Crippen LogP contribution >= 0.6 is 0 Å². The first kappa shape index (κ1) is 12.0. The fraction of sp³-hybridized carbons (Fsp3) is 1.00. The van der Waals surface area contributed by atoms with E-state index in [4.69, 9.17) is 0 Å². The first-order valence-corrected chi connectivity index (χ1v) is 6.16. The van der Waals surface area contributed by atoms with Crippen molar-refractivity contribution < 1.29 is 0 Å². The molecular weight excluding hydrogens is 172 g/mol. The minimum Gasteiger partial charge on any atom is -0.313 e. The second-order valence-corrected chi connectivity index (χ2v) is 4.70. The van der Waals surface area contributed by atoms with Crippen LogP contribution in [0.25, 0.3) is 0 Å². The Morgan fingerprint density at radius 2 is 2.14 bits per heavy atom. The average molecular weight is 198 g/mol. The summed E-state index contributed by atoms with van der Waals surface area (Å²) in [5.74, 6) is 0.900. The molecule has 0 aromatic heterocycles. The lowest BCUT2D eigenvalue weighted by Crippen LogP contribution is -2.47. The molecular formula is C12H26N2. The summed E-state index contributed by atoms with van der Waals surface area (Å²) in [4.78, 5) is 2.64. The van der Waals surface area contributed by atoms with Gasteiger partial charge in [-0.3, -0.25) is 4.90 Å². The predicted octanol–water partition coefficient (Wildman–Crippen LogP) is 2.10. The van der Waals surface area contributed by atoms with Gasteiger partial charge in [-0.15, -0.1) is 0 Å². The lowest BCUT2D eigenvalue weighted by atomic mass is 10.1. The minimum absolute atomic E-state index is 0.672. The fourth-order valence-electron chi connectivity index (χ4n) is 2.51. The lowest BCUT2D eigenvalue weighted by molar-refractivity contribution is 0.198. The van der Waals surface area contributed by atoms with Gasteiger partial charge in [-0.05, 0) is 38.8 Å². The summed E-state index contributed by atoms with van der Waals surface area (Å²) in [7, 11) is 0. The van der Waals surface area contributed by atoms with Crippen LogP contribution in [0.4, 0.5) is 0 Å². The second-order valence-electron chi connectivity index (χ2n) is 4.70. The Kier molecular flexibility index (Phi) is 4.90. The van der Waals surface area contributed by atoms with Crippen molar-refractivity contribution >= 4 is 0 Å². The maximum Gasteiger partial charge on any atom is 0.0221 e. The number of rotatable bonds is 5. The standard InChI is InChI=1S/C12H26N2/c1-5-12(13-6-2)11(4)14-8-7-10(3)9-14/h10-13H,5-9H2,1-4H3. The summed E-state index contributed by atoms with van der Waals surface area (Å²) in [6.45, 7) is 12.9. The first-order valence-electron chi connectivity index (χ1n) is 6.16. The van der Waals surface area contributed by atoms with Gasteiger partial charge in [0.25, 0.3) is 0 Å². The Labute approximate surface area is 89.1 Å². The highest BCUT2D eigenvalue weighted by Crippen LogP contribution is 2.19. The van der Waals surface area contributed by atoms with Crippen LogP contribution in [0, 0.1) is 5.92 Å². The van der Waals surface area contributed by atoms with Crippen LogP contribution in [0.3, 0.4) is 0 Å². The summed E-state index contributed by atoms with van der Waals surface area (Å²) in [6, 6.07) is 1.37. The number of hydrogen-bond donors (Lipinski definition) is 1. The molecule has 3 atom stereocenters. The van der Waals surface area contributed by atoms with Gasteiger partial charge in [0.05, 0.1) is 0 Å². The quantitative estimate of drug-likeness (QED) is 0.728. The van der Waals surface area contributed by atoms with Gasteiger partial charge in [0, 0.05) is 18.6 Å². The molecule has 2 nitrogen and oxygen atoms in total. The highest BCUT2D eigenvalue weighted by molar-refractivity contribution is 4.84. The Balaban J connectivity index is 2.41. The van der Waals surface area contributed by atoms with Crippen molar-refractivity contribution in [3.63, 3.8) is 0 Å². The molecule has 0 radical (unpaired) electrons. The zero-order chi connectivity index (χ0) is 10.6. The summed E-state index contributed by atoms with van der Waals surface area (Å²) in [5.41, 5.74) is 0. The maximum absolute atomic E-state index is 3.58. The molecule has 1 saturated heterocycles. The van der Waals surface area contributed by atoms with Gasteiger partial charge < -0.3 is 5.32 Å². The van der Waals surface area contributed by atoms with Gasteiger partial charge in [0.15, 0.2) is 0 Å². The lowest BCUT2D eigenvalue weighted by Gasteiger charge is -2.31. The number of nitrogens with zero attached hydrogens (tertiary/aromatic N) is 1. The number of likely N-dealkylation sites (N-methyl/N-ethyl adjacent to an activating group) is 1. The first-order chi connectivity index (χ1) is 6.69. The van der Waals surface area contributed by atoms with Crippen LogP contribution in [-0.4, -0.2) is 36.6 Å². The van der Waals surface area contributed by atoms with Crippen LogP contribution < -0.4 is 5.32 Å². The predicted molar refractivity (Wildman–Crippen MR) is 62.6 cm³/mol. The Hall–Kier alpha value is -0.0800. The molecule has 1 fully saturated rings. The molecule has 1 N–H and O–H groups in total. The summed E-state index contributed by atoms with van der Waals surface area (Å²) in [6.07, 6.45) is 2.62. The monoisotopic (exact) mass is 198 g/mol. The topological polar surface area (TPSA) is 15.3 Å². The number of nitrogens with one attached hydrogen (secondary N) is 1. The van der Waals surface area contributed by atoms with E-state index in [-0.39, 0.29) is 0 Å². The van der Waals surface area contributed by atoms with Gasteiger partial charge >= 0.3 is 0 Å². The molecule has 1 aliphatic rings. The van der Waals surface area contributed by atoms with Crippen molar-refractivity contribution in [3.8, 4) is 0 Å². The Morgan fingerprint density at radius 1 is 1.43 bits per heavy atom. The molecule has 1 rings (SSSR count). The van der Waals surface area contributed by atoms with E-state index in [0.29, 0.717) is 12.1 Å². The molecule has 0 aromatic rings. The minimum atomic E-state index is 0.672. The molecule has 0 aromatic carbocycles. The zero-order valence-electron chi connectivity index (χ0n) is 10.2. The summed E-state index contributed by atoms with van der Waals surface area (Å²) < 4.78 is 0. The van der Waals surface area contributed by atoms with Gasteiger partial charge in [-0.1, -0.05) is 20.8 Å². The van der Waals surface area contributed by atoms with Gasteiger partial charge in [0.1, 0.15) is 0 Å². The summed E-state index contributed by atoms with van der Waals surface area (Å²) in [5, 5.41) is 3.58. The van der Waals surface area contributed by atoms with Crippen LogP contribution in [0.2, 0.25) is 0 Å². The van der Waals surface area contributed by atoms with E-state index in [1.165, 1.54) is 25.9 Å².